The zero-order valence-corrected chi connectivity index (χ0v) is 11.9. The van der Waals surface area contributed by atoms with Gasteiger partial charge in [-0.05, 0) is 37.1 Å². The number of aromatic hydroxyl groups is 1. The van der Waals surface area contributed by atoms with E-state index in [2.05, 4.69) is 4.74 Å². The van der Waals surface area contributed by atoms with Crippen molar-refractivity contribution in [1.29, 1.82) is 0 Å². The van der Waals surface area contributed by atoms with Crippen LogP contribution in [-0.4, -0.2) is 24.0 Å². The number of carbonyl (C=O) groups is 2. The third kappa shape index (κ3) is 6.36. The van der Waals surface area contributed by atoms with Crippen LogP contribution in [0.2, 0.25) is 0 Å². The summed E-state index contributed by atoms with van der Waals surface area (Å²) in [6.07, 6.45) is 5.72. The van der Waals surface area contributed by atoms with Crippen LogP contribution in [0, 0.1) is 0 Å². The van der Waals surface area contributed by atoms with Crippen LogP contribution in [0.15, 0.2) is 24.3 Å². The molecule has 0 aromatic heterocycles. The van der Waals surface area contributed by atoms with E-state index in [1.165, 1.54) is 19.2 Å². The molecule has 0 spiro atoms. The van der Waals surface area contributed by atoms with E-state index in [9.17, 15) is 9.59 Å². The van der Waals surface area contributed by atoms with Gasteiger partial charge in [-0.3, -0.25) is 9.59 Å². The van der Waals surface area contributed by atoms with Crippen molar-refractivity contribution in [1.82, 2.24) is 0 Å². The van der Waals surface area contributed by atoms with Crippen LogP contribution in [0.1, 0.15) is 55.3 Å². The van der Waals surface area contributed by atoms with Crippen molar-refractivity contribution in [2.45, 2.75) is 44.9 Å². The molecule has 110 valence electrons. The Morgan fingerprint density at radius 3 is 2.10 bits per heavy atom. The maximum atomic E-state index is 11.8. The van der Waals surface area contributed by atoms with Crippen molar-refractivity contribution >= 4 is 11.8 Å². The highest BCUT2D eigenvalue weighted by atomic mass is 16.5. The lowest BCUT2D eigenvalue weighted by Crippen LogP contribution is -1.99. The highest BCUT2D eigenvalue weighted by Crippen LogP contribution is 2.14. The molecule has 0 aliphatic rings. The van der Waals surface area contributed by atoms with Crippen LogP contribution in [0.25, 0.3) is 0 Å². The zero-order chi connectivity index (χ0) is 14.8. The maximum Gasteiger partial charge on any atom is 0.305 e. The number of methoxy groups -OCH3 is 1. The zero-order valence-electron chi connectivity index (χ0n) is 11.9. The number of benzene rings is 1. The van der Waals surface area contributed by atoms with Crippen LogP contribution in [0.3, 0.4) is 0 Å². The number of Topliss-reactive ketones (excluding diaryl/α,β-unsaturated/α-hetero) is 1. The molecule has 4 nitrogen and oxygen atoms in total. The number of phenols is 1. The molecule has 4 heteroatoms. The molecule has 20 heavy (non-hydrogen) atoms. The molecule has 0 amide bonds. The fourth-order valence-electron chi connectivity index (χ4n) is 1.98. The van der Waals surface area contributed by atoms with Crippen molar-refractivity contribution in [3.05, 3.63) is 29.8 Å². The molecule has 0 aliphatic heterocycles. The topological polar surface area (TPSA) is 63.6 Å². The maximum absolute atomic E-state index is 11.8. The second-order valence-corrected chi connectivity index (χ2v) is 4.81. The van der Waals surface area contributed by atoms with Crippen LogP contribution in [0.4, 0.5) is 0 Å². The average Bonchev–Trinajstić information content (AvgIpc) is 2.46. The Morgan fingerprint density at radius 1 is 0.950 bits per heavy atom. The molecule has 1 aromatic rings. The highest BCUT2D eigenvalue weighted by molar-refractivity contribution is 5.96. The molecule has 0 aliphatic carbocycles. The molecule has 1 N–H and O–H groups in total. The number of esters is 1. The van der Waals surface area contributed by atoms with E-state index >= 15 is 0 Å². The predicted octanol–water partition coefficient (Wildman–Crippen LogP) is 3.48. The van der Waals surface area contributed by atoms with Gasteiger partial charge in [0.25, 0.3) is 0 Å². The van der Waals surface area contributed by atoms with E-state index in [-0.39, 0.29) is 17.5 Å². The lowest BCUT2D eigenvalue weighted by Gasteiger charge is -2.02. The minimum atomic E-state index is -0.160. The Labute approximate surface area is 119 Å². The first kappa shape index (κ1) is 16.2. The van der Waals surface area contributed by atoms with E-state index in [1.807, 2.05) is 0 Å². The van der Waals surface area contributed by atoms with Gasteiger partial charge < -0.3 is 9.84 Å². The molecular formula is C16H22O4. The van der Waals surface area contributed by atoms with Gasteiger partial charge in [-0.2, -0.15) is 0 Å². The molecule has 0 saturated carbocycles. The van der Waals surface area contributed by atoms with Crippen molar-refractivity contribution in [2.24, 2.45) is 0 Å². The Bertz CT molecular complexity index is 423. The van der Waals surface area contributed by atoms with Crippen LogP contribution in [-0.2, 0) is 9.53 Å². The minimum Gasteiger partial charge on any atom is -0.508 e. The average molecular weight is 278 g/mol. The van der Waals surface area contributed by atoms with Crippen LogP contribution < -0.4 is 0 Å². The van der Waals surface area contributed by atoms with Gasteiger partial charge in [-0.25, -0.2) is 0 Å². The molecule has 0 fully saturated rings. The summed E-state index contributed by atoms with van der Waals surface area (Å²) in [4.78, 5) is 22.7. The van der Waals surface area contributed by atoms with Gasteiger partial charge in [0.05, 0.1) is 7.11 Å². The van der Waals surface area contributed by atoms with Gasteiger partial charge in [-0.15, -0.1) is 0 Å². The van der Waals surface area contributed by atoms with E-state index < -0.39 is 0 Å². The summed E-state index contributed by atoms with van der Waals surface area (Å²) in [6.45, 7) is 0. The first-order chi connectivity index (χ1) is 9.63. The van der Waals surface area contributed by atoms with Gasteiger partial charge in [-0.1, -0.05) is 19.3 Å². The largest absolute Gasteiger partial charge is 0.508 e. The van der Waals surface area contributed by atoms with Crippen molar-refractivity contribution < 1.29 is 19.4 Å². The summed E-state index contributed by atoms with van der Waals surface area (Å²) in [5.41, 5.74) is 0.647. The normalized spacial score (nSPS) is 10.2. The van der Waals surface area contributed by atoms with Gasteiger partial charge >= 0.3 is 5.97 Å². The standard InChI is InChI=1S/C16H22O4/c1-20-16(19)8-6-4-2-3-5-7-15(18)13-9-11-14(17)12-10-13/h9-12,17H,2-8H2,1H3. The van der Waals surface area contributed by atoms with Gasteiger partial charge in [0.15, 0.2) is 5.78 Å². The van der Waals surface area contributed by atoms with Crippen LogP contribution >= 0.6 is 0 Å². The van der Waals surface area contributed by atoms with Gasteiger partial charge in [0.2, 0.25) is 0 Å². The van der Waals surface area contributed by atoms with Crippen molar-refractivity contribution in [3.8, 4) is 5.75 Å². The fourth-order valence-corrected chi connectivity index (χ4v) is 1.98. The van der Waals surface area contributed by atoms with Crippen molar-refractivity contribution in [2.75, 3.05) is 7.11 Å². The summed E-state index contributed by atoms with van der Waals surface area (Å²) in [5.74, 6) is 0.124. The van der Waals surface area contributed by atoms with Gasteiger partial charge in [0, 0.05) is 18.4 Å². The first-order valence-corrected chi connectivity index (χ1v) is 7.02. The van der Waals surface area contributed by atoms with E-state index in [0.29, 0.717) is 18.4 Å². The Hall–Kier alpha value is -1.84. The summed E-state index contributed by atoms with van der Waals surface area (Å²) < 4.78 is 4.57. The molecule has 1 aromatic carbocycles. The smallest absolute Gasteiger partial charge is 0.305 e. The predicted molar refractivity (Wildman–Crippen MR) is 76.8 cm³/mol. The second kappa shape index (κ2) is 9.13. The molecule has 0 atom stereocenters. The Balaban J connectivity index is 2.08. The van der Waals surface area contributed by atoms with Gasteiger partial charge in [0.1, 0.15) is 5.75 Å². The number of ether oxygens (including phenoxy) is 1. The number of carbonyl (C=O) groups excluding carboxylic acids is 2. The minimum absolute atomic E-state index is 0.111. The van der Waals surface area contributed by atoms with E-state index in [1.54, 1.807) is 12.1 Å². The Kier molecular flexibility index (Phi) is 7.40. The molecule has 1 rings (SSSR count). The number of hydrogen-bond acceptors (Lipinski definition) is 4. The number of ketones is 1. The molecule has 0 radical (unpaired) electrons. The molecule has 0 heterocycles. The van der Waals surface area contributed by atoms with E-state index in [0.717, 1.165) is 32.1 Å². The fraction of sp³-hybridized carbons (Fsp3) is 0.500. The quantitative estimate of drug-likeness (QED) is 0.427. The lowest BCUT2D eigenvalue weighted by molar-refractivity contribution is -0.140. The molecule has 0 unspecified atom stereocenters. The Morgan fingerprint density at radius 2 is 1.50 bits per heavy atom. The lowest BCUT2D eigenvalue weighted by atomic mass is 10.0. The molecular weight excluding hydrogens is 256 g/mol. The van der Waals surface area contributed by atoms with Crippen molar-refractivity contribution in [3.63, 3.8) is 0 Å². The number of hydrogen-bond donors (Lipinski definition) is 1. The third-order valence-electron chi connectivity index (χ3n) is 3.20. The monoisotopic (exact) mass is 278 g/mol. The molecule has 0 saturated heterocycles. The summed E-state index contributed by atoms with van der Waals surface area (Å²) in [7, 11) is 1.40. The van der Waals surface area contributed by atoms with E-state index in [4.69, 9.17) is 5.11 Å². The summed E-state index contributed by atoms with van der Waals surface area (Å²) in [5, 5.41) is 9.15. The van der Waals surface area contributed by atoms with Crippen LogP contribution in [0.5, 0.6) is 5.75 Å². The second-order valence-electron chi connectivity index (χ2n) is 4.81. The first-order valence-electron chi connectivity index (χ1n) is 7.02. The third-order valence-corrected chi connectivity index (χ3v) is 3.20. The highest BCUT2D eigenvalue weighted by Gasteiger charge is 2.05. The molecule has 0 bridgehead atoms. The summed E-state index contributed by atoms with van der Waals surface area (Å²) in [6, 6.07) is 6.35. The summed E-state index contributed by atoms with van der Waals surface area (Å²) >= 11 is 0. The number of phenolic OH excluding ortho intramolecular Hbond substituents is 1. The number of unbranched alkanes of at least 4 members (excludes halogenated alkanes) is 4. The SMILES string of the molecule is COC(=O)CCCCCCCC(=O)c1ccc(O)cc1. The number of rotatable bonds is 9.